The summed E-state index contributed by atoms with van der Waals surface area (Å²) in [4.78, 5) is 37.9. The van der Waals surface area contributed by atoms with Gasteiger partial charge in [0.05, 0.1) is 4.92 Å². The average Bonchev–Trinajstić information content (AvgIpc) is 3.45. The molecule has 10 heteroatoms. The molecule has 2 aromatic carbocycles. The molecule has 0 spiro atoms. The van der Waals surface area contributed by atoms with Crippen molar-refractivity contribution in [2.75, 3.05) is 11.9 Å². The lowest BCUT2D eigenvalue weighted by atomic mass is 10.1. The van der Waals surface area contributed by atoms with Crippen LogP contribution in [0.3, 0.4) is 0 Å². The van der Waals surface area contributed by atoms with Crippen molar-refractivity contribution < 1.29 is 18.9 Å². The Kier molecular flexibility index (Phi) is 5.44. The maximum atomic E-state index is 13.0. The van der Waals surface area contributed by atoms with Crippen LogP contribution < -0.4 is 5.32 Å². The number of hydrogen-bond donors (Lipinski definition) is 1. The zero-order chi connectivity index (χ0) is 22.0. The van der Waals surface area contributed by atoms with Crippen LogP contribution in [0, 0.1) is 17.0 Å². The molecule has 4 rings (SSSR count). The summed E-state index contributed by atoms with van der Waals surface area (Å²) in [5.74, 6) is -0.221. The summed E-state index contributed by atoms with van der Waals surface area (Å²) in [7, 11) is 0. The highest BCUT2D eigenvalue weighted by molar-refractivity contribution is 6.01. The minimum absolute atomic E-state index is 0.0451. The molecule has 10 nitrogen and oxygen atoms in total. The van der Waals surface area contributed by atoms with Crippen molar-refractivity contribution in [2.24, 2.45) is 0 Å². The topological polar surface area (TPSA) is 131 Å². The Morgan fingerprint density at radius 3 is 2.65 bits per heavy atom. The Balaban J connectivity index is 1.46. The van der Waals surface area contributed by atoms with Gasteiger partial charge in [-0.05, 0) is 56.2 Å². The van der Waals surface area contributed by atoms with Crippen molar-refractivity contribution in [1.29, 1.82) is 0 Å². The monoisotopic (exact) mass is 421 g/mol. The van der Waals surface area contributed by atoms with Crippen molar-refractivity contribution >= 4 is 23.2 Å². The maximum absolute atomic E-state index is 13.0. The van der Waals surface area contributed by atoms with Gasteiger partial charge in [0, 0.05) is 35.0 Å². The molecular weight excluding hydrogens is 402 g/mol. The van der Waals surface area contributed by atoms with Crippen molar-refractivity contribution in [1.82, 2.24) is 15.1 Å². The summed E-state index contributed by atoms with van der Waals surface area (Å²) < 4.78 is 5.14. The maximum Gasteiger partial charge on any atom is 0.272 e. The summed E-state index contributed by atoms with van der Waals surface area (Å²) in [5, 5.41) is 21.3. The highest BCUT2D eigenvalue weighted by Gasteiger charge is 2.35. The van der Waals surface area contributed by atoms with Gasteiger partial charge < -0.3 is 14.6 Å². The highest BCUT2D eigenvalue weighted by atomic mass is 16.6. The van der Waals surface area contributed by atoms with Gasteiger partial charge in [-0.2, -0.15) is 0 Å². The Hall–Kier alpha value is -4.08. The molecule has 1 aromatic heterocycles. The number of benzene rings is 2. The van der Waals surface area contributed by atoms with Crippen molar-refractivity contribution in [3.05, 3.63) is 70.1 Å². The Morgan fingerprint density at radius 2 is 2.00 bits per heavy atom. The van der Waals surface area contributed by atoms with E-state index in [0.717, 1.165) is 5.56 Å². The molecule has 1 N–H and O–H groups in total. The first-order chi connectivity index (χ1) is 14.9. The molecule has 31 heavy (non-hydrogen) atoms. The third-order valence-corrected chi connectivity index (χ3v) is 5.22. The minimum Gasteiger partial charge on any atom is -0.423 e. The van der Waals surface area contributed by atoms with Gasteiger partial charge in [0.15, 0.2) is 0 Å². The van der Waals surface area contributed by atoms with E-state index in [1.54, 1.807) is 31.2 Å². The normalized spacial score (nSPS) is 15.6. The third-order valence-electron chi connectivity index (χ3n) is 5.22. The van der Waals surface area contributed by atoms with E-state index in [4.69, 9.17) is 4.42 Å². The predicted molar refractivity (Wildman–Crippen MR) is 110 cm³/mol. The summed E-state index contributed by atoms with van der Waals surface area (Å²) >= 11 is 0. The smallest absolute Gasteiger partial charge is 0.272 e. The van der Waals surface area contributed by atoms with Gasteiger partial charge in [-0.1, -0.05) is 0 Å². The van der Waals surface area contributed by atoms with Gasteiger partial charge in [0.25, 0.3) is 11.6 Å². The molecule has 0 bridgehead atoms. The van der Waals surface area contributed by atoms with Crippen LogP contribution in [0.2, 0.25) is 0 Å². The number of rotatable bonds is 5. The van der Waals surface area contributed by atoms with E-state index in [9.17, 15) is 19.7 Å². The summed E-state index contributed by atoms with van der Waals surface area (Å²) in [5.41, 5.74) is 1.99. The molecule has 1 aliphatic heterocycles. The quantitative estimate of drug-likeness (QED) is 0.494. The van der Waals surface area contributed by atoms with Gasteiger partial charge in [0.1, 0.15) is 6.04 Å². The number of aromatic nitrogens is 2. The molecule has 0 radical (unpaired) electrons. The summed E-state index contributed by atoms with van der Waals surface area (Å²) in [6.07, 6.45) is 2.48. The summed E-state index contributed by atoms with van der Waals surface area (Å²) in [6, 6.07) is 10.6. The number of anilines is 1. The Labute approximate surface area is 177 Å². The lowest BCUT2D eigenvalue weighted by Gasteiger charge is -2.24. The number of carbonyl (C=O) groups excluding carboxylic acids is 2. The van der Waals surface area contributed by atoms with E-state index in [1.807, 2.05) is 0 Å². The van der Waals surface area contributed by atoms with Gasteiger partial charge >= 0.3 is 0 Å². The second-order valence-corrected chi connectivity index (χ2v) is 7.23. The van der Waals surface area contributed by atoms with Crippen molar-refractivity contribution in [3.63, 3.8) is 0 Å². The van der Waals surface area contributed by atoms with E-state index in [2.05, 4.69) is 15.5 Å². The summed E-state index contributed by atoms with van der Waals surface area (Å²) in [6.45, 7) is 2.03. The standard InChI is InChI=1S/C21H19N5O5/c1-13-11-15(6-9-17(13)26(29)30)21(28)25-10-2-3-18(25)19(27)23-16-7-4-14(5-8-16)20-24-22-12-31-20/h4-9,11-12,18H,2-3,10H2,1H3,(H,23,27). The number of nitrogens with zero attached hydrogens (tertiary/aromatic N) is 4. The first kappa shape index (κ1) is 20.2. The minimum atomic E-state index is -0.612. The van der Waals surface area contributed by atoms with E-state index in [1.165, 1.54) is 29.5 Å². The average molecular weight is 421 g/mol. The lowest BCUT2D eigenvalue weighted by Crippen LogP contribution is -2.43. The molecule has 0 saturated carbocycles. The number of likely N-dealkylation sites (tertiary alicyclic amines) is 1. The number of nitro benzene ring substituents is 1. The number of nitro groups is 1. The van der Waals surface area contributed by atoms with Crippen LogP contribution in [0.1, 0.15) is 28.8 Å². The van der Waals surface area contributed by atoms with Crippen LogP contribution >= 0.6 is 0 Å². The fourth-order valence-electron chi connectivity index (χ4n) is 3.66. The zero-order valence-corrected chi connectivity index (χ0v) is 16.6. The van der Waals surface area contributed by atoms with E-state index < -0.39 is 11.0 Å². The number of hydrogen-bond acceptors (Lipinski definition) is 7. The highest BCUT2D eigenvalue weighted by Crippen LogP contribution is 2.25. The second-order valence-electron chi connectivity index (χ2n) is 7.23. The van der Waals surface area contributed by atoms with Gasteiger partial charge in [-0.3, -0.25) is 19.7 Å². The van der Waals surface area contributed by atoms with E-state index in [-0.39, 0.29) is 17.5 Å². The zero-order valence-electron chi connectivity index (χ0n) is 16.6. The number of nitrogens with one attached hydrogen (secondary N) is 1. The largest absolute Gasteiger partial charge is 0.423 e. The molecule has 1 unspecified atom stereocenters. The van der Waals surface area contributed by atoms with E-state index >= 15 is 0 Å². The molecule has 1 saturated heterocycles. The lowest BCUT2D eigenvalue weighted by molar-refractivity contribution is -0.385. The molecule has 1 atom stereocenters. The van der Waals surface area contributed by atoms with Crippen LogP contribution in [0.5, 0.6) is 0 Å². The van der Waals surface area contributed by atoms with E-state index in [0.29, 0.717) is 42.1 Å². The fraction of sp³-hybridized carbons (Fsp3) is 0.238. The van der Waals surface area contributed by atoms with Gasteiger partial charge in [-0.15, -0.1) is 10.2 Å². The Bertz CT molecular complexity index is 1130. The van der Waals surface area contributed by atoms with Crippen LogP contribution in [0.15, 0.2) is 53.3 Å². The van der Waals surface area contributed by atoms with Crippen molar-refractivity contribution in [2.45, 2.75) is 25.8 Å². The number of carbonyl (C=O) groups is 2. The molecule has 158 valence electrons. The first-order valence-corrected chi connectivity index (χ1v) is 9.67. The SMILES string of the molecule is Cc1cc(C(=O)N2CCCC2C(=O)Nc2ccc(-c3nnco3)cc2)ccc1[N+](=O)[O-]. The van der Waals surface area contributed by atoms with Crippen molar-refractivity contribution in [3.8, 4) is 11.5 Å². The molecule has 2 heterocycles. The van der Waals surface area contributed by atoms with Crippen LogP contribution in [0.25, 0.3) is 11.5 Å². The molecule has 2 amide bonds. The number of amides is 2. The molecule has 1 fully saturated rings. The van der Waals surface area contributed by atoms with Gasteiger partial charge in [0.2, 0.25) is 18.2 Å². The second kappa shape index (κ2) is 8.34. The molecule has 3 aromatic rings. The Morgan fingerprint density at radius 1 is 1.23 bits per heavy atom. The van der Waals surface area contributed by atoms with Crippen LogP contribution in [0.4, 0.5) is 11.4 Å². The van der Waals surface area contributed by atoms with Crippen LogP contribution in [-0.4, -0.2) is 44.4 Å². The molecular formula is C21H19N5O5. The third kappa shape index (κ3) is 4.13. The van der Waals surface area contributed by atoms with Gasteiger partial charge in [-0.25, -0.2) is 0 Å². The predicted octanol–water partition coefficient (Wildman–Crippen LogP) is 3.20. The molecule has 1 aliphatic rings. The van der Waals surface area contributed by atoms with Crippen LogP contribution in [-0.2, 0) is 4.79 Å². The first-order valence-electron chi connectivity index (χ1n) is 9.67. The number of aryl methyl sites for hydroxylation is 1. The molecule has 0 aliphatic carbocycles. The fourth-order valence-corrected chi connectivity index (χ4v) is 3.66.